The van der Waals surface area contributed by atoms with Crippen LogP contribution in [-0.4, -0.2) is 141 Å². The summed E-state index contributed by atoms with van der Waals surface area (Å²) in [5.74, 6) is 5.30. The molecule has 2 aromatic rings. The first-order chi connectivity index (χ1) is 33.8. The number of carbonyl (C=O) groups excluding carboxylic acids is 5. The number of nitrogens with one attached hydrogen (secondary N) is 5. The lowest BCUT2D eigenvalue weighted by Gasteiger charge is -2.45. The van der Waals surface area contributed by atoms with Crippen molar-refractivity contribution in [3.63, 3.8) is 0 Å². The Hall–Kier alpha value is -5.79. The Balaban J connectivity index is 1.03. The molecule has 3 aliphatic rings. The Bertz CT molecular complexity index is 2180. The molecule has 5 rings (SSSR count). The highest BCUT2D eigenvalue weighted by Gasteiger charge is 2.40. The van der Waals surface area contributed by atoms with E-state index in [-0.39, 0.29) is 59.1 Å². The summed E-state index contributed by atoms with van der Waals surface area (Å²) >= 11 is 0. The summed E-state index contributed by atoms with van der Waals surface area (Å²) in [6.45, 7) is 10.9. The predicted molar refractivity (Wildman–Crippen MR) is 275 cm³/mol. The van der Waals surface area contributed by atoms with Crippen LogP contribution in [0.25, 0.3) is 0 Å². The van der Waals surface area contributed by atoms with Crippen molar-refractivity contribution in [2.24, 2.45) is 17.0 Å². The van der Waals surface area contributed by atoms with Crippen LogP contribution >= 0.6 is 0 Å². The lowest BCUT2D eigenvalue weighted by molar-refractivity contribution is -0.126. The monoisotopic (exact) mass is 991 g/mol. The quantitative estimate of drug-likeness (QED) is 0.0327. The molecule has 0 radical (unpaired) electrons. The first-order valence-corrected chi connectivity index (χ1v) is 25.2. The number of rotatable bonds is 24. The molecule has 17 nitrogen and oxygen atoms in total. The first-order valence-electron chi connectivity index (χ1n) is 25.2. The Morgan fingerprint density at radius 1 is 1.01 bits per heavy atom. The molecule has 71 heavy (non-hydrogen) atoms. The number of hydrogen-bond donors (Lipinski definition) is 7. The summed E-state index contributed by atoms with van der Waals surface area (Å²) in [4.78, 5) is 68.3. The topological polar surface area (TPSA) is 214 Å². The van der Waals surface area contributed by atoms with Crippen LogP contribution in [0.2, 0.25) is 0 Å². The number of carbonyl (C=O) groups is 5. The molecule has 392 valence electrons. The van der Waals surface area contributed by atoms with Crippen molar-refractivity contribution in [1.82, 2.24) is 41.0 Å². The zero-order valence-electron chi connectivity index (χ0n) is 42.9. The van der Waals surface area contributed by atoms with Gasteiger partial charge in [0.2, 0.25) is 18.2 Å². The van der Waals surface area contributed by atoms with Gasteiger partial charge in [0.25, 0.3) is 5.91 Å². The number of nitrogens with zero attached hydrogens (tertiary/aromatic N) is 5. The minimum atomic E-state index is -0.576. The number of amides is 4. The van der Waals surface area contributed by atoms with Gasteiger partial charge < -0.3 is 46.7 Å². The van der Waals surface area contributed by atoms with Gasteiger partial charge in [-0.1, -0.05) is 38.8 Å². The van der Waals surface area contributed by atoms with Crippen molar-refractivity contribution in [2.45, 2.75) is 122 Å². The van der Waals surface area contributed by atoms with Crippen LogP contribution in [0.15, 0.2) is 54.1 Å². The fourth-order valence-corrected chi connectivity index (χ4v) is 9.62. The van der Waals surface area contributed by atoms with E-state index < -0.39 is 23.1 Å². The average Bonchev–Trinajstić information content (AvgIpc) is 3.31. The maximum absolute atomic E-state index is 15.7. The number of hydrogen-bond acceptors (Lipinski definition) is 14. The standard InChI is InChI=1S/C52H80F2N12O5/c1-37(16-17-47(69)60-36-68)63(6)50(71)49-38(34-67)13-11-15-44(49)58-22-9-7-8-10-24-66(56)32-40(55)30-59-46(62(4)5)28-41-14-12-18-52(19-23-57-41)35-65(33-48(70)61-52)45-29-42(53)39(27-43(45)54)31-64-25-20-51(2,3)21-26-64/h11,13,15,27-29,32,34,36-37,41,57-59H,7-10,12,14,16-26,30-31,33,35,55-56H2,1-6H3,(H,61,70)(H,60,68,69)/b40-32-,46-28-. The van der Waals surface area contributed by atoms with Gasteiger partial charge >= 0.3 is 0 Å². The molecule has 3 aliphatic heterocycles. The number of benzene rings is 2. The number of anilines is 2. The zero-order chi connectivity index (χ0) is 51.7. The Morgan fingerprint density at radius 3 is 2.48 bits per heavy atom. The second kappa shape index (κ2) is 26.6. The van der Waals surface area contributed by atoms with E-state index in [1.54, 1.807) is 41.4 Å². The summed E-state index contributed by atoms with van der Waals surface area (Å²) in [7, 11) is 5.55. The van der Waals surface area contributed by atoms with E-state index in [1.165, 1.54) is 17.0 Å². The van der Waals surface area contributed by atoms with Crippen LogP contribution in [0.4, 0.5) is 20.2 Å². The second-order valence-electron chi connectivity index (χ2n) is 20.7. The molecule has 9 N–H and O–H groups in total. The van der Waals surface area contributed by atoms with E-state index in [0.717, 1.165) is 70.3 Å². The van der Waals surface area contributed by atoms with Crippen molar-refractivity contribution >= 4 is 41.8 Å². The van der Waals surface area contributed by atoms with E-state index in [9.17, 15) is 24.0 Å². The summed E-state index contributed by atoms with van der Waals surface area (Å²) in [5, 5.41) is 17.3. The third kappa shape index (κ3) is 16.9. The van der Waals surface area contributed by atoms with E-state index in [4.69, 9.17) is 11.6 Å². The van der Waals surface area contributed by atoms with Gasteiger partial charge in [-0.15, -0.1) is 0 Å². The number of unbranched alkanes of at least 4 members (excludes halogenated alkanes) is 3. The number of nitrogens with two attached hydrogens (primary N) is 2. The highest BCUT2D eigenvalue weighted by Crippen LogP contribution is 2.34. The lowest BCUT2D eigenvalue weighted by atomic mass is 9.82. The molecule has 0 saturated carbocycles. The van der Waals surface area contributed by atoms with Crippen molar-refractivity contribution in [2.75, 3.05) is 83.7 Å². The molecule has 19 heteroatoms. The van der Waals surface area contributed by atoms with Gasteiger partial charge in [0.15, 0.2) is 6.29 Å². The smallest absolute Gasteiger partial charge is 0.256 e. The minimum Gasteiger partial charge on any atom is -0.399 e. The van der Waals surface area contributed by atoms with Gasteiger partial charge in [-0.05, 0) is 108 Å². The third-order valence-electron chi connectivity index (χ3n) is 14.2. The number of likely N-dealkylation sites (tertiary alicyclic amines) is 1. The van der Waals surface area contributed by atoms with Gasteiger partial charge in [0.1, 0.15) is 11.6 Å². The molecule has 0 bridgehead atoms. The van der Waals surface area contributed by atoms with Crippen LogP contribution in [0.1, 0.15) is 124 Å². The SMILES string of the molecule is CC(CCC(=O)NC=O)N(C)C(=O)c1c(C=O)cccc1NCCCCCCN(N)/C=C(\N)CN/C(=C/C1CCCC2(CCN1)CN(c1cc(F)c(CN3CCC(C)(C)CC3)cc1F)CC(=O)N2)N(C)C. The molecule has 3 unspecified atom stereocenters. The average molecular weight is 991 g/mol. The maximum atomic E-state index is 15.7. The largest absolute Gasteiger partial charge is 0.399 e. The highest BCUT2D eigenvalue weighted by molar-refractivity contribution is 6.06. The number of aldehydes is 1. The molecular formula is C52H80F2N12O5. The molecular weight excluding hydrogens is 911 g/mol. The molecule has 3 atom stereocenters. The van der Waals surface area contributed by atoms with Crippen LogP contribution in [0, 0.1) is 17.0 Å². The summed E-state index contributed by atoms with van der Waals surface area (Å²) in [5.41, 5.74) is 8.27. The van der Waals surface area contributed by atoms with Crippen molar-refractivity contribution in [3.05, 3.63) is 82.5 Å². The lowest BCUT2D eigenvalue weighted by Crippen LogP contribution is -2.64. The van der Waals surface area contributed by atoms with Crippen molar-refractivity contribution < 1.29 is 32.8 Å². The molecule has 2 aromatic carbocycles. The Labute approximate surface area is 419 Å². The second-order valence-corrected chi connectivity index (χ2v) is 20.7. The van der Waals surface area contributed by atoms with Crippen LogP contribution < -0.4 is 43.1 Å². The summed E-state index contributed by atoms with van der Waals surface area (Å²) in [6, 6.07) is 7.43. The minimum absolute atomic E-state index is 0.0276. The molecule has 3 fully saturated rings. The van der Waals surface area contributed by atoms with E-state index in [2.05, 4.69) is 51.4 Å². The number of piperidine rings is 1. The van der Waals surface area contributed by atoms with E-state index in [0.29, 0.717) is 88.2 Å². The van der Waals surface area contributed by atoms with Gasteiger partial charge in [-0.25, -0.2) is 14.6 Å². The molecule has 4 amide bonds. The van der Waals surface area contributed by atoms with Gasteiger partial charge in [-0.2, -0.15) is 0 Å². The molecule has 0 aromatic heterocycles. The van der Waals surface area contributed by atoms with Gasteiger partial charge in [-0.3, -0.25) is 34.2 Å². The molecule has 3 heterocycles. The normalized spacial score (nSPS) is 20.3. The fourth-order valence-electron chi connectivity index (χ4n) is 9.62. The van der Waals surface area contributed by atoms with Gasteiger partial charge in [0.05, 0.1) is 35.7 Å². The van der Waals surface area contributed by atoms with Crippen LogP contribution in [-0.2, 0) is 20.9 Å². The van der Waals surface area contributed by atoms with Crippen molar-refractivity contribution in [3.8, 4) is 0 Å². The predicted octanol–water partition coefficient (Wildman–Crippen LogP) is 4.76. The van der Waals surface area contributed by atoms with Gasteiger partial charge in [0, 0.05) is 101 Å². The maximum Gasteiger partial charge on any atom is 0.256 e. The fraction of sp³-hybridized carbons (Fsp3) is 0.596. The first kappa shape index (κ1) is 56.1. The summed E-state index contributed by atoms with van der Waals surface area (Å²) in [6.07, 6.45) is 13.8. The summed E-state index contributed by atoms with van der Waals surface area (Å²) < 4.78 is 31.3. The molecule has 0 aliphatic carbocycles. The Kier molecular flexibility index (Phi) is 21.0. The van der Waals surface area contributed by atoms with Crippen molar-refractivity contribution in [1.29, 1.82) is 0 Å². The zero-order valence-corrected chi connectivity index (χ0v) is 42.9. The number of hydrazine groups is 1. The number of imide groups is 1. The molecule has 3 saturated heterocycles. The van der Waals surface area contributed by atoms with E-state index in [1.807, 2.05) is 25.9 Å². The van der Waals surface area contributed by atoms with E-state index >= 15 is 8.78 Å². The van der Waals surface area contributed by atoms with Crippen LogP contribution in [0.5, 0.6) is 0 Å². The molecule has 1 spiro atoms. The third-order valence-corrected chi connectivity index (χ3v) is 14.2. The van der Waals surface area contributed by atoms with Crippen LogP contribution in [0.3, 0.4) is 0 Å². The number of halogens is 2. The Morgan fingerprint density at radius 2 is 1.76 bits per heavy atom. The number of piperazine rings is 1. The highest BCUT2D eigenvalue weighted by atomic mass is 19.1.